The molecule has 3 heterocycles. The normalized spacial score (nSPS) is 15.4. The number of hydrogen-bond donors (Lipinski definition) is 1. The first-order valence-electron chi connectivity index (χ1n) is 9.09. The second-order valence-electron chi connectivity index (χ2n) is 7.78. The minimum absolute atomic E-state index is 0.176. The van der Waals surface area contributed by atoms with Crippen molar-refractivity contribution in [2.45, 2.75) is 26.4 Å². The Kier molecular flexibility index (Phi) is 4.45. The van der Waals surface area contributed by atoms with Crippen LogP contribution in [-0.2, 0) is 4.74 Å². The Morgan fingerprint density at radius 2 is 1.93 bits per heavy atom. The SMILES string of the molecule is CC(C)(C)OC(=O)N1CCN(c2nc(N)nc3c2oc2cc(Cl)ccc23)CC1. The summed E-state index contributed by atoms with van der Waals surface area (Å²) in [5.74, 6) is 0.799. The average Bonchev–Trinajstić information content (AvgIpc) is 2.97. The summed E-state index contributed by atoms with van der Waals surface area (Å²) in [5, 5.41) is 1.42. The third-order valence-corrected chi connectivity index (χ3v) is 4.74. The molecule has 4 rings (SSSR count). The van der Waals surface area contributed by atoms with E-state index in [1.807, 2.05) is 31.7 Å². The number of anilines is 2. The summed E-state index contributed by atoms with van der Waals surface area (Å²) < 4.78 is 11.5. The minimum atomic E-state index is -0.517. The lowest BCUT2D eigenvalue weighted by atomic mass is 10.2. The number of nitrogens with two attached hydrogens (primary N) is 1. The van der Waals surface area contributed by atoms with Gasteiger partial charge < -0.3 is 24.7 Å². The zero-order valence-electron chi connectivity index (χ0n) is 16.0. The summed E-state index contributed by atoms with van der Waals surface area (Å²) in [6, 6.07) is 5.40. The lowest BCUT2D eigenvalue weighted by Gasteiger charge is -2.36. The third kappa shape index (κ3) is 3.52. The first-order valence-corrected chi connectivity index (χ1v) is 9.47. The molecule has 1 fully saturated rings. The van der Waals surface area contributed by atoms with Crippen LogP contribution in [0.1, 0.15) is 20.8 Å². The Hall–Kier alpha value is -2.74. The van der Waals surface area contributed by atoms with Crippen molar-refractivity contribution < 1.29 is 13.9 Å². The molecule has 1 saturated heterocycles. The van der Waals surface area contributed by atoms with Gasteiger partial charge in [0.1, 0.15) is 16.7 Å². The van der Waals surface area contributed by atoms with Crippen molar-refractivity contribution >= 4 is 51.5 Å². The topological polar surface area (TPSA) is 97.7 Å². The van der Waals surface area contributed by atoms with Crippen molar-refractivity contribution in [3.05, 3.63) is 23.2 Å². The maximum atomic E-state index is 12.3. The Morgan fingerprint density at radius 1 is 1.21 bits per heavy atom. The van der Waals surface area contributed by atoms with E-state index in [1.165, 1.54) is 0 Å². The lowest BCUT2D eigenvalue weighted by Crippen LogP contribution is -2.50. The molecule has 1 aliphatic heterocycles. The molecule has 0 unspecified atom stereocenters. The van der Waals surface area contributed by atoms with Crippen molar-refractivity contribution in [3.8, 4) is 0 Å². The van der Waals surface area contributed by atoms with Gasteiger partial charge in [-0.25, -0.2) is 9.78 Å². The van der Waals surface area contributed by atoms with E-state index in [1.54, 1.807) is 17.0 Å². The number of furan rings is 1. The molecule has 0 atom stereocenters. The van der Waals surface area contributed by atoms with Crippen molar-refractivity contribution in [2.24, 2.45) is 0 Å². The van der Waals surface area contributed by atoms with E-state index >= 15 is 0 Å². The predicted octanol–water partition coefficient (Wildman–Crippen LogP) is 3.67. The van der Waals surface area contributed by atoms with Gasteiger partial charge in [-0.05, 0) is 32.9 Å². The molecule has 9 heteroatoms. The number of benzene rings is 1. The Morgan fingerprint density at radius 3 is 2.61 bits per heavy atom. The van der Waals surface area contributed by atoms with Crippen LogP contribution in [0, 0.1) is 0 Å². The van der Waals surface area contributed by atoms with Crippen LogP contribution in [0.25, 0.3) is 22.1 Å². The number of piperazine rings is 1. The van der Waals surface area contributed by atoms with Crippen LogP contribution >= 0.6 is 11.6 Å². The molecule has 2 aromatic heterocycles. The number of rotatable bonds is 1. The van der Waals surface area contributed by atoms with E-state index in [4.69, 9.17) is 26.5 Å². The van der Waals surface area contributed by atoms with Crippen LogP contribution in [0.5, 0.6) is 0 Å². The fraction of sp³-hybridized carbons (Fsp3) is 0.421. The second-order valence-corrected chi connectivity index (χ2v) is 8.22. The zero-order chi connectivity index (χ0) is 20.1. The number of carbonyl (C=O) groups excluding carboxylic acids is 1. The number of ether oxygens (including phenoxy) is 1. The molecular formula is C19H22ClN5O3. The van der Waals surface area contributed by atoms with Crippen LogP contribution in [-0.4, -0.2) is 52.7 Å². The summed E-state index contributed by atoms with van der Waals surface area (Å²) in [6.07, 6.45) is -0.308. The van der Waals surface area contributed by atoms with Gasteiger partial charge in [0.15, 0.2) is 11.4 Å². The maximum Gasteiger partial charge on any atom is 0.410 e. The van der Waals surface area contributed by atoms with E-state index in [-0.39, 0.29) is 12.0 Å². The molecule has 1 amide bonds. The highest BCUT2D eigenvalue weighted by molar-refractivity contribution is 6.31. The monoisotopic (exact) mass is 403 g/mol. The lowest BCUT2D eigenvalue weighted by molar-refractivity contribution is 0.0240. The average molecular weight is 404 g/mol. The van der Waals surface area contributed by atoms with Gasteiger partial charge in [0.2, 0.25) is 5.95 Å². The highest BCUT2D eigenvalue weighted by Gasteiger charge is 2.28. The van der Waals surface area contributed by atoms with Gasteiger partial charge in [-0.3, -0.25) is 0 Å². The number of nitrogens with zero attached hydrogens (tertiary/aromatic N) is 4. The number of carbonyl (C=O) groups is 1. The van der Waals surface area contributed by atoms with Crippen molar-refractivity contribution in [3.63, 3.8) is 0 Å². The van der Waals surface area contributed by atoms with Crippen LogP contribution in [0.15, 0.2) is 22.6 Å². The number of halogens is 1. The molecular weight excluding hydrogens is 382 g/mol. The van der Waals surface area contributed by atoms with Gasteiger partial charge >= 0.3 is 6.09 Å². The summed E-state index contributed by atoms with van der Waals surface area (Å²) in [7, 11) is 0. The Labute approximate surface area is 167 Å². The van der Waals surface area contributed by atoms with Crippen molar-refractivity contribution in [2.75, 3.05) is 36.8 Å². The molecule has 2 N–H and O–H groups in total. The minimum Gasteiger partial charge on any atom is -0.450 e. The van der Waals surface area contributed by atoms with Gasteiger partial charge in [0.05, 0.1) is 0 Å². The summed E-state index contributed by atoms with van der Waals surface area (Å²) in [4.78, 5) is 24.8. The van der Waals surface area contributed by atoms with Gasteiger partial charge in [0.25, 0.3) is 0 Å². The first-order chi connectivity index (χ1) is 13.2. The van der Waals surface area contributed by atoms with Gasteiger partial charge in [0, 0.05) is 42.7 Å². The molecule has 8 nitrogen and oxygen atoms in total. The predicted molar refractivity (Wildman–Crippen MR) is 109 cm³/mol. The largest absolute Gasteiger partial charge is 0.450 e. The molecule has 0 saturated carbocycles. The van der Waals surface area contributed by atoms with E-state index < -0.39 is 5.60 Å². The summed E-state index contributed by atoms with van der Waals surface area (Å²) in [5.41, 5.74) is 7.30. The van der Waals surface area contributed by atoms with E-state index in [9.17, 15) is 4.79 Å². The number of amides is 1. The fourth-order valence-electron chi connectivity index (χ4n) is 3.26. The highest BCUT2D eigenvalue weighted by Crippen LogP contribution is 2.35. The van der Waals surface area contributed by atoms with Crippen LogP contribution in [0.4, 0.5) is 16.6 Å². The zero-order valence-corrected chi connectivity index (χ0v) is 16.8. The Bertz CT molecular complexity index is 1050. The molecule has 0 bridgehead atoms. The van der Waals surface area contributed by atoms with E-state index in [2.05, 4.69) is 9.97 Å². The van der Waals surface area contributed by atoms with Gasteiger partial charge in [-0.15, -0.1) is 0 Å². The van der Waals surface area contributed by atoms with Crippen LogP contribution in [0.3, 0.4) is 0 Å². The second kappa shape index (κ2) is 6.70. The molecule has 148 valence electrons. The summed E-state index contributed by atoms with van der Waals surface area (Å²) >= 11 is 6.08. The number of nitrogen functional groups attached to an aromatic ring is 1. The van der Waals surface area contributed by atoms with Crippen LogP contribution < -0.4 is 10.6 Å². The number of fused-ring (bicyclic) bond motifs is 3. The molecule has 0 radical (unpaired) electrons. The molecule has 0 spiro atoms. The maximum absolute atomic E-state index is 12.3. The van der Waals surface area contributed by atoms with E-state index in [0.717, 1.165) is 5.39 Å². The smallest absolute Gasteiger partial charge is 0.410 e. The standard InChI is InChI=1S/C19H22ClN5O3/c1-19(2,3)28-18(26)25-8-6-24(7-9-25)16-15-14(22-17(21)23-16)12-5-4-11(20)10-13(12)27-15/h4-5,10H,6-9H2,1-3H3,(H2,21,22,23). The molecule has 3 aromatic rings. The van der Waals surface area contributed by atoms with Gasteiger partial charge in [-0.2, -0.15) is 4.98 Å². The fourth-order valence-corrected chi connectivity index (χ4v) is 3.42. The highest BCUT2D eigenvalue weighted by atomic mass is 35.5. The molecule has 0 aliphatic carbocycles. The number of hydrogen-bond acceptors (Lipinski definition) is 7. The van der Waals surface area contributed by atoms with Crippen molar-refractivity contribution in [1.82, 2.24) is 14.9 Å². The summed E-state index contributed by atoms with van der Waals surface area (Å²) in [6.45, 7) is 7.78. The Balaban J connectivity index is 1.62. The number of aromatic nitrogens is 2. The first kappa shape index (κ1) is 18.6. The molecule has 28 heavy (non-hydrogen) atoms. The van der Waals surface area contributed by atoms with Crippen LogP contribution in [0.2, 0.25) is 5.02 Å². The molecule has 1 aromatic carbocycles. The van der Waals surface area contributed by atoms with Gasteiger partial charge in [-0.1, -0.05) is 11.6 Å². The molecule has 1 aliphatic rings. The van der Waals surface area contributed by atoms with E-state index in [0.29, 0.717) is 53.7 Å². The quantitative estimate of drug-likeness (QED) is 0.661. The van der Waals surface area contributed by atoms with Crippen molar-refractivity contribution in [1.29, 1.82) is 0 Å². The third-order valence-electron chi connectivity index (χ3n) is 4.51.